The number of hydrogen-bond acceptors (Lipinski definition) is 3. The zero-order chi connectivity index (χ0) is 19.6. The maximum Gasteiger partial charge on any atom is 0.328 e. The minimum atomic E-state index is -0.816. The number of benzene rings is 3. The summed E-state index contributed by atoms with van der Waals surface area (Å²) in [6.45, 7) is 3.57. The number of nitrogens with zero attached hydrogens (tertiary/aromatic N) is 1. The van der Waals surface area contributed by atoms with Crippen molar-refractivity contribution in [3.05, 3.63) is 76.8 Å². The van der Waals surface area contributed by atoms with Crippen molar-refractivity contribution in [2.75, 3.05) is 12.0 Å². The zero-order valence-electron chi connectivity index (χ0n) is 15.4. The van der Waals surface area contributed by atoms with E-state index in [4.69, 9.17) is 16.3 Å². The Balaban J connectivity index is 2.26. The molecule has 0 N–H and O–H groups in total. The van der Waals surface area contributed by atoms with Crippen molar-refractivity contribution >= 4 is 39.9 Å². The maximum atomic E-state index is 13.5. The Bertz CT molecular complexity index is 1020. The van der Waals surface area contributed by atoms with Crippen LogP contribution in [0.3, 0.4) is 0 Å². The fourth-order valence-electron chi connectivity index (χ4n) is 3.20. The number of amides is 1. The Kier molecular flexibility index (Phi) is 5.47. The molecule has 0 aliphatic rings. The summed E-state index contributed by atoms with van der Waals surface area (Å²) in [6, 6.07) is 17.7. The number of carbonyl (C=O) groups excluding carboxylic acids is 2. The lowest BCUT2D eigenvalue weighted by atomic mass is 10.0. The summed E-state index contributed by atoms with van der Waals surface area (Å²) in [4.78, 5) is 27.3. The Morgan fingerprint density at radius 3 is 2.37 bits per heavy atom. The Morgan fingerprint density at radius 1 is 1.00 bits per heavy atom. The molecule has 3 aromatic carbocycles. The SMILES string of the molecule is COC(=O)[C@H](C)N(C(=O)c1ccccc1Cl)c1c(C)ccc2ccccc12. The van der Waals surface area contributed by atoms with E-state index in [-0.39, 0.29) is 5.91 Å². The highest BCUT2D eigenvalue weighted by Crippen LogP contribution is 2.34. The van der Waals surface area contributed by atoms with Gasteiger partial charge in [-0.3, -0.25) is 9.69 Å². The first-order valence-electron chi connectivity index (χ1n) is 8.60. The standard InChI is InChI=1S/C22H20ClNO3/c1-14-12-13-16-8-4-5-9-17(16)20(14)24(15(2)22(26)27-3)21(25)18-10-6-7-11-19(18)23/h4-13,15H,1-3H3/t15-/m0/s1. The van der Waals surface area contributed by atoms with Crippen molar-refractivity contribution in [3.63, 3.8) is 0 Å². The van der Waals surface area contributed by atoms with Gasteiger partial charge < -0.3 is 4.74 Å². The van der Waals surface area contributed by atoms with Crippen molar-refractivity contribution < 1.29 is 14.3 Å². The zero-order valence-corrected chi connectivity index (χ0v) is 16.2. The van der Waals surface area contributed by atoms with Crippen LogP contribution >= 0.6 is 11.6 Å². The van der Waals surface area contributed by atoms with E-state index in [1.807, 2.05) is 43.3 Å². The molecule has 0 aliphatic carbocycles. The third-order valence-corrected chi connectivity index (χ3v) is 4.93. The molecule has 1 amide bonds. The number of anilines is 1. The largest absolute Gasteiger partial charge is 0.467 e. The van der Waals surface area contributed by atoms with Gasteiger partial charge in [-0.25, -0.2) is 4.79 Å². The smallest absolute Gasteiger partial charge is 0.328 e. The van der Waals surface area contributed by atoms with Crippen molar-refractivity contribution in [1.29, 1.82) is 0 Å². The predicted octanol–water partition coefficient (Wildman–Crippen LogP) is 5.01. The minimum absolute atomic E-state index is 0.335. The van der Waals surface area contributed by atoms with E-state index in [1.54, 1.807) is 31.2 Å². The van der Waals surface area contributed by atoms with Gasteiger partial charge in [0.05, 0.1) is 23.4 Å². The average molecular weight is 382 g/mol. The van der Waals surface area contributed by atoms with Gasteiger partial charge in [0.25, 0.3) is 5.91 Å². The van der Waals surface area contributed by atoms with Crippen LogP contribution in [0.2, 0.25) is 5.02 Å². The predicted molar refractivity (Wildman–Crippen MR) is 108 cm³/mol. The fourth-order valence-corrected chi connectivity index (χ4v) is 3.41. The van der Waals surface area contributed by atoms with E-state index in [1.165, 1.54) is 12.0 Å². The highest BCUT2D eigenvalue weighted by Gasteiger charge is 2.32. The molecule has 5 heteroatoms. The Morgan fingerprint density at radius 2 is 1.67 bits per heavy atom. The number of rotatable bonds is 4. The van der Waals surface area contributed by atoms with Gasteiger partial charge in [0, 0.05) is 5.39 Å². The summed E-state index contributed by atoms with van der Waals surface area (Å²) >= 11 is 6.26. The molecule has 1 atom stereocenters. The molecule has 0 fully saturated rings. The first kappa shape index (κ1) is 18.9. The number of carbonyl (C=O) groups is 2. The van der Waals surface area contributed by atoms with Crippen LogP contribution in [0.4, 0.5) is 5.69 Å². The highest BCUT2D eigenvalue weighted by molar-refractivity contribution is 6.34. The molecule has 0 spiro atoms. The van der Waals surface area contributed by atoms with E-state index in [0.29, 0.717) is 16.3 Å². The first-order chi connectivity index (χ1) is 13.0. The van der Waals surface area contributed by atoms with Crippen LogP contribution in [0.15, 0.2) is 60.7 Å². The lowest BCUT2D eigenvalue weighted by molar-refractivity contribution is -0.141. The Labute approximate surface area is 163 Å². The van der Waals surface area contributed by atoms with E-state index < -0.39 is 12.0 Å². The summed E-state index contributed by atoms with van der Waals surface area (Å²) in [6.07, 6.45) is 0. The molecule has 0 bridgehead atoms. The quantitative estimate of drug-likeness (QED) is 0.597. The molecule has 4 nitrogen and oxygen atoms in total. The highest BCUT2D eigenvalue weighted by atomic mass is 35.5. The molecule has 0 saturated carbocycles. The molecule has 0 aliphatic heterocycles. The second kappa shape index (κ2) is 7.80. The molecule has 138 valence electrons. The van der Waals surface area contributed by atoms with Gasteiger partial charge in [-0.2, -0.15) is 0 Å². The second-order valence-corrected chi connectivity index (χ2v) is 6.71. The molecule has 0 radical (unpaired) electrons. The van der Waals surface area contributed by atoms with E-state index >= 15 is 0 Å². The molecule has 0 saturated heterocycles. The molecule has 27 heavy (non-hydrogen) atoms. The fraction of sp³-hybridized carbons (Fsp3) is 0.182. The van der Waals surface area contributed by atoms with Crippen LogP contribution in [0.5, 0.6) is 0 Å². The third kappa shape index (κ3) is 3.53. The van der Waals surface area contributed by atoms with Gasteiger partial charge in [0.15, 0.2) is 0 Å². The molecule has 0 aromatic heterocycles. The second-order valence-electron chi connectivity index (χ2n) is 6.31. The summed E-state index contributed by atoms with van der Waals surface area (Å²) in [5, 5.41) is 2.20. The molecule has 3 rings (SSSR count). The topological polar surface area (TPSA) is 46.6 Å². The van der Waals surface area contributed by atoms with Gasteiger partial charge in [0.2, 0.25) is 0 Å². The minimum Gasteiger partial charge on any atom is -0.467 e. The number of esters is 1. The summed E-state index contributed by atoms with van der Waals surface area (Å²) in [7, 11) is 1.31. The van der Waals surface area contributed by atoms with E-state index in [2.05, 4.69) is 0 Å². The van der Waals surface area contributed by atoms with Crippen molar-refractivity contribution in [2.45, 2.75) is 19.9 Å². The van der Waals surface area contributed by atoms with E-state index in [9.17, 15) is 9.59 Å². The van der Waals surface area contributed by atoms with Crippen molar-refractivity contribution in [2.24, 2.45) is 0 Å². The number of methoxy groups -OCH3 is 1. The number of aryl methyl sites for hydroxylation is 1. The molecule has 0 heterocycles. The summed E-state index contributed by atoms with van der Waals surface area (Å²) < 4.78 is 4.92. The normalized spacial score (nSPS) is 11.9. The molecule has 3 aromatic rings. The first-order valence-corrected chi connectivity index (χ1v) is 8.97. The lowest BCUT2D eigenvalue weighted by Crippen LogP contribution is -2.44. The summed E-state index contributed by atoms with van der Waals surface area (Å²) in [5.41, 5.74) is 1.89. The molecule has 0 unspecified atom stereocenters. The number of fused-ring (bicyclic) bond motifs is 1. The third-order valence-electron chi connectivity index (χ3n) is 4.60. The van der Waals surface area contributed by atoms with Crippen molar-refractivity contribution in [3.8, 4) is 0 Å². The lowest BCUT2D eigenvalue weighted by Gasteiger charge is -2.30. The van der Waals surface area contributed by atoms with Crippen LogP contribution in [0.25, 0.3) is 10.8 Å². The van der Waals surface area contributed by atoms with Gasteiger partial charge in [0.1, 0.15) is 6.04 Å². The van der Waals surface area contributed by atoms with E-state index in [0.717, 1.165) is 16.3 Å². The molecular weight excluding hydrogens is 362 g/mol. The van der Waals surface area contributed by atoms with Crippen LogP contribution in [0.1, 0.15) is 22.8 Å². The number of halogens is 1. The Hall–Kier alpha value is -2.85. The van der Waals surface area contributed by atoms with Gasteiger partial charge >= 0.3 is 5.97 Å². The van der Waals surface area contributed by atoms with Crippen LogP contribution < -0.4 is 4.90 Å². The van der Waals surface area contributed by atoms with Crippen molar-refractivity contribution in [1.82, 2.24) is 0 Å². The van der Waals surface area contributed by atoms with Crippen LogP contribution in [0, 0.1) is 6.92 Å². The van der Waals surface area contributed by atoms with Gasteiger partial charge in [-0.15, -0.1) is 0 Å². The van der Waals surface area contributed by atoms with Crippen LogP contribution in [-0.4, -0.2) is 25.0 Å². The number of ether oxygens (including phenoxy) is 1. The average Bonchev–Trinajstić information content (AvgIpc) is 2.69. The number of hydrogen-bond donors (Lipinski definition) is 0. The maximum absolute atomic E-state index is 13.5. The van der Waals surface area contributed by atoms with Gasteiger partial charge in [-0.05, 0) is 36.9 Å². The molecular formula is C22H20ClNO3. The monoisotopic (exact) mass is 381 g/mol. The van der Waals surface area contributed by atoms with Crippen LogP contribution in [-0.2, 0) is 9.53 Å². The summed E-state index contributed by atoms with van der Waals surface area (Å²) in [5.74, 6) is -0.847. The van der Waals surface area contributed by atoms with Gasteiger partial charge in [-0.1, -0.05) is 60.1 Å².